The molecule has 0 spiro atoms. The number of hydrogen-bond donors (Lipinski definition) is 1. The molecule has 0 bridgehead atoms. The van der Waals surface area contributed by atoms with Gasteiger partial charge in [0.25, 0.3) is 0 Å². The van der Waals surface area contributed by atoms with Crippen LogP contribution >= 0.6 is 0 Å². The van der Waals surface area contributed by atoms with Crippen molar-refractivity contribution < 1.29 is 4.74 Å². The molecule has 1 aliphatic carbocycles. The molecule has 1 N–H and O–H groups in total. The van der Waals surface area contributed by atoms with E-state index in [0.29, 0.717) is 12.1 Å². The fraction of sp³-hybridized carbons (Fsp3) is 0.818. The zero-order valence-corrected chi connectivity index (χ0v) is 10.0. The number of methoxy groups -OCH3 is 1. The van der Waals surface area contributed by atoms with Crippen molar-refractivity contribution in [3.63, 3.8) is 0 Å². The van der Waals surface area contributed by atoms with Crippen LogP contribution in [0.4, 0.5) is 0 Å². The van der Waals surface area contributed by atoms with E-state index in [1.807, 2.05) is 4.68 Å². The molecular formula is C11H20N4O. The van der Waals surface area contributed by atoms with Crippen LogP contribution in [0.2, 0.25) is 0 Å². The normalized spacial score (nSPS) is 25.1. The second-order valence-electron chi connectivity index (χ2n) is 4.24. The minimum atomic E-state index is 0.432. The number of aryl methyl sites for hydroxylation is 1. The van der Waals surface area contributed by atoms with Gasteiger partial charge in [0.2, 0.25) is 0 Å². The predicted octanol–water partition coefficient (Wildman–Crippen LogP) is 0.955. The molecule has 0 radical (unpaired) electrons. The van der Waals surface area contributed by atoms with Crippen molar-refractivity contribution in [3.8, 4) is 0 Å². The summed E-state index contributed by atoms with van der Waals surface area (Å²) in [5.74, 6) is 1.02. The van der Waals surface area contributed by atoms with Gasteiger partial charge in [-0.1, -0.05) is 0 Å². The summed E-state index contributed by atoms with van der Waals surface area (Å²) in [6.45, 7) is 3.76. The SMILES string of the molecule is CCn1ncnc1CNC1CCC(OC)C1. The molecule has 1 fully saturated rings. The lowest BCUT2D eigenvalue weighted by atomic mass is 10.2. The standard InChI is InChI=1S/C11H20N4O/c1-3-15-11(13-8-14-15)7-12-9-4-5-10(6-9)16-2/h8-10,12H,3-7H2,1-2H3. The first kappa shape index (κ1) is 11.5. The third-order valence-corrected chi connectivity index (χ3v) is 3.26. The van der Waals surface area contributed by atoms with Crippen LogP contribution < -0.4 is 5.32 Å². The molecule has 1 aromatic rings. The molecule has 90 valence electrons. The molecular weight excluding hydrogens is 204 g/mol. The first-order chi connectivity index (χ1) is 7.83. The van der Waals surface area contributed by atoms with Crippen molar-refractivity contribution in [2.24, 2.45) is 0 Å². The number of aromatic nitrogens is 3. The summed E-state index contributed by atoms with van der Waals surface area (Å²) in [7, 11) is 1.79. The zero-order chi connectivity index (χ0) is 11.4. The van der Waals surface area contributed by atoms with Crippen molar-refractivity contribution in [2.75, 3.05) is 7.11 Å². The van der Waals surface area contributed by atoms with Gasteiger partial charge in [0.05, 0.1) is 12.6 Å². The quantitative estimate of drug-likeness (QED) is 0.809. The molecule has 2 rings (SSSR count). The summed E-state index contributed by atoms with van der Waals surface area (Å²) in [4.78, 5) is 4.25. The van der Waals surface area contributed by atoms with E-state index in [4.69, 9.17) is 4.74 Å². The summed E-state index contributed by atoms with van der Waals surface area (Å²) in [5.41, 5.74) is 0. The van der Waals surface area contributed by atoms with Crippen molar-refractivity contribution in [3.05, 3.63) is 12.2 Å². The van der Waals surface area contributed by atoms with Gasteiger partial charge in [-0.05, 0) is 26.2 Å². The van der Waals surface area contributed by atoms with E-state index < -0.39 is 0 Å². The Kier molecular flexibility index (Phi) is 3.90. The zero-order valence-electron chi connectivity index (χ0n) is 10.0. The molecule has 2 unspecified atom stereocenters. The molecule has 2 atom stereocenters. The van der Waals surface area contributed by atoms with Crippen LogP contribution in [0.3, 0.4) is 0 Å². The smallest absolute Gasteiger partial charge is 0.140 e. The number of nitrogens with one attached hydrogen (secondary N) is 1. The Morgan fingerprint density at radius 2 is 2.44 bits per heavy atom. The number of nitrogens with zero attached hydrogens (tertiary/aromatic N) is 3. The van der Waals surface area contributed by atoms with Gasteiger partial charge >= 0.3 is 0 Å². The summed E-state index contributed by atoms with van der Waals surface area (Å²) < 4.78 is 7.28. The van der Waals surface area contributed by atoms with Gasteiger partial charge in [0.1, 0.15) is 12.2 Å². The maximum absolute atomic E-state index is 5.35. The van der Waals surface area contributed by atoms with Crippen molar-refractivity contribution in [1.82, 2.24) is 20.1 Å². The largest absolute Gasteiger partial charge is 0.381 e. The maximum atomic E-state index is 5.35. The van der Waals surface area contributed by atoms with Gasteiger partial charge in [0, 0.05) is 19.7 Å². The van der Waals surface area contributed by atoms with Crippen LogP contribution in [0.5, 0.6) is 0 Å². The Labute approximate surface area is 96.2 Å². The fourth-order valence-corrected chi connectivity index (χ4v) is 2.26. The van der Waals surface area contributed by atoms with E-state index in [-0.39, 0.29) is 0 Å². The molecule has 5 nitrogen and oxygen atoms in total. The van der Waals surface area contributed by atoms with E-state index in [1.165, 1.54) is 6.42 Å². The van der Waals surface area contributed by atoms with Gasteiger partial charge in [-0.15, -0.1) is 0 Å². The topological polar surface area (TPSA) is 52.0 Å². The van der Waals surface area contributed by atoms with Gasteiger partial charge < -0.3 is 10.1 Å². The Morgan fingerprint density at radius 1 is 1.56 bits per heavy atom. The molecule has 1 heterocycles. The summed E-state index contributed by atoms with van der Waals surface area (Å²) in [6, 6.07) is 0.562. The average Bonchev–Trinajstić information content (AvgIpc) is 2.94. The highest BCUT2D eigenvalue weighted by Gasteiger charge is 2.24. The van der Waals surface area contributed by atoms with Crippen LogP contribution in [-0.2, 0) is 17.8 Å². The van der Waals surface area contributed by atoms with Crippen LogP contribution in [0.1, 0.15) is 32.0 Å². The molecule has 0 saturated heterocycles. The molecule has 0 aliphatic heterocycles. The van der Waals surface area contributed by atoms with E-state index in [2.05, 4.69) is 22.3 Å². The second-order valence-corrected chi connectivity index (χ2v) is 4.24. The predicted molar refractivity (Wildman–Crippen MR) is 61.0 cm³/mol. The highest BCUT2D eigenvalue weighted by molar-refractivity contribution is 4.87. The number of ether oxygens (including phenoxy) is 1. The molecule has 16 heavy (non-hydrogen) atoms. The lowest BCUT2D eigenvalue weighted by Crippen LogP contribution is -2.28. The lowest BCUT2D eigenvalue weighted by molar-refractivity contribution is 0.107. The van der Waals surface area contributed by atoms with Gasteiger partial charge in [0.15, 0.2) is 0 Å². The number of rotatable bonds is 5. The number of hydrogen-bond acceptors (Lipinski definition) is 4. The molecule has 1 saturated carbocycles. The first-order valence-corrected chi connectivity index (χ1v) is 5.96. The summed E-state index contributed by atoms with van der Waals surface area (Å²) in [5, 5.41) is 7.67. The Hall–Kier alpha value is -0.940. The second kappa shape index (κ2) is 5.41. The average molecular weight is 224 g/mol. The van der Waals surface area contributed by atoms with Crippen molar-refractivity contribution in [2.45, 2.75) is 51.4 Å². The Bertz CT molecular complexity index is 326. The minimum Gasteiger partial charge on any atom is -0.381 e. The van der Waals surface area contributed by atoms with E-state index in [0.717, 1.165) is 31.8 Å². The van der Waals surface area contributed by atoms with Crippen LogP contribution in [0, 0.1) is 0 Å². The van der Waals surface area contributed by atoms with Gasteiger partial charge in [-0.2, -0.15) is 5.10 Å². The van der Waals surface area contributed by atoms with Crippen molar-refractivity contribution >= 4 is 0 Å². The molecule has 5 heteroatoms. The molecule has 0 amide bonds. The summed E-state index contributed by atoms with van der Waals surface area (Å²) >= 11 is 0. The summed E-state index contributed by atoms with van der Waals surface area (Å²) in [6.07, 6.45) is 5.51. The first-order valence-electron chi connectivity index (χ1n) is 5.96. The molecule has 1 aliphatic rings. The van der Waals surface area contributed by atoms with E-state index >= 15 is 0 Å². The monoisotopic (exact) mass is 224 g/mol. The van der Waals surface area contributed by atoms with Gasteiger partial charge in [-0.3, -0.25) is 0 Å². The third kappa shape index (κ3) is 2.59. The highest BCUT2D eigenvalue weighted by Crippen LogP contribution is 2.21. The Balaban J connectivity index is 1.80. The van der Waals surface area contributed by atoms with E-state index in [9.17, 15) is 0 Å². The van der Waals surface area contributed by atoms with Gasteiger partial charge in [-0.25, -0.2) is 9.67 Å². The molecule has 1 aromatic heterocycles. The maximum Gasteiger partial charge on any atom is 0.140 e. The highest BCUT2D eigenvalue weighted by atomic mass is 16.5. The third-order valence-electron chi connectivity index (χ3n) is 3.26. The van der Waals surface area contributed by atoms with Crippen LogP contribution in [-0.4, -0.2) is 34.0 Å². The van der Waals surface area contributed by atoms with E-state index in [1.54, 1.807) is 13.4 Å². The molecule has 0 aromatic carbocycles. The fourth-order valence-electron chi connectivity index (χ4n) is 2.26. The lowest BCUT2D eigenvalue weighted by Gasteiger charge is -2.12. The van der Waals surface area contributed by atoms with Crippen LogP contribution in [0.15, 0.2) is 6.33 Å². The Morgan fingerprint density at radius 3 is 3.12 bits per heavy atom. The van der Waals surface area contributed by atoms with Crippen LogP contribution in [0.25, 0.3) is 0 Å². The minimum absolute atomic E-state index is 0.432. The van der Waals surface area contributed by atoms with Crippen molar-refractivity contribution in [1.29, 1.82) is 0 Å².